The second-order valence-electron chi connectivity index (χ2n) is 6.01. The summed E-state index contributed by atoms with van der Waals surface area (Å²) in [6.45, 7) is 1.49. The second-order valence-corrected chi connectivity index (χ2v) is 6.01. The summed E-state index contributed by atoms with van der Waals surface area (Å²) in [6, 6.07) is 7.83. The summed E-state index contributed by atoms with van der Waals surface area (Å²) in [7, 11) is 1.65. The Morgan fingerprint density at radius 2 is 2.04 bits per heavy atom. The third-order valence-corrected chi connectivity index (χ3v) is 4.62. The number of aromatic nitrogens is 3. The molecule has 0 saturated carbocycles. The van der Waals surface area contributed by atoms with Crippen molar-refractivity contribution in [1.82, 2.24) is 14.4 Å². The molecule has 0 spiro atoms. The maximum Gasteiger partial charge on any atom is 0.236 e. The number of ether oxygens (including phenoxy) is 1. The number of anilines is 1. The van der Waals surface area contributed by atoms with Crippen LogP contribution in [0.4, 0.5) is 10.2 Å². The lowest BCUT2D eigenvalue weighted by Crippen LogP contribution is -2.34. The molecule has 0 aliphatic carbocycles. The van der Waals surface area contributed by atoms with Crippen molar-refractivity contribution >= 4 is 22.6 Å². The van der Waals surface area contributed by atoms with Crippen molar-refractivity contribution in [2.75, 3.05) is 31.8 Å². The van der Waals surface area contributed by atoms with Gasteiger partial charge in [0.15, 0.2) is 0 Å². The molecule has 0 atom stereocenters. The molecule has 23 heavy (non-hydrogen) atoms. The lowest BCUT2D eigenvalue weighted by molar-refractivity contribution is 0.307. The molecule has 0 radical (unpaired) electrons. The van der Waals surface area contributed by atoms with Crippen LogP contribution in [0.2, 0.25) is 0 Å². The molecule has 2 aromatic heterocycles. The molecule has 120 valence electrons. The van der Waals surface area contributed by atoms with Crippen molar-refractivity contribution in [3.63, 3.8) is 0 Å². The van der Waals surface area contributed by atoms with Gasteiger partial charge in [-0.15, -0.1) is 0 Å². The Morgan fingerprint density at radius 1 is 1.22 bits per heavy atom. The third-order valence-electron chi connectivity index (χ3n) is 4.62. The molecule has 1 saturated heterocycles. The minimum absolute atomic E-state index is 0.205. The van der Waals surface area contributed by atoms with Crippen molar-refractivity contribution in [3.05, 3.63) is 30.5 Å². The molecule has 6 heteroatoms. The van der Waals surface area contributed by atoms with Gasteiger partial charge < -0.3 is 9.64 Å². The number of imidazole rings is 1. The summed E-state index contributed by atoms with van der Waals surface area (Å²) < 4.78 is 20.0. The van der Waals surface area contributed by atoms with Crippen LogP contribution in [0.15, 0.2) is 30.5 Å². The number of hydrogen-bond donors (Lipinski definition) is 0. The molecule has 0 bridgehead atoms. The lowest BCUT2D eigenvalue weighted by Gasteiger charge is -2.31. The Bertz CT molecular complexity index is 839. The molecule has 1 fully saturated rings. The number of halogens is 1. The molecule has 3 aromatic rings. The first kappa shape index (κ1) is 14.2. The third kappa shape index (κ3) is 2.48. The molecule has 1 aliphatic rings. The van der Waals surface area contributed by atoms with E-state index in [0.29, 0.717) is 5.78 Å². The van der Waals surface area contributed by atoms with E-state index in [0.717, 1.165) is 48.5 Å². The number of rotatable bonds is 3. The van der Waals surface area contributed by atoms with Crippen LogP contribution in [0.3, 0.4) is 0 Å². The smallest absolute Gasteiger partial charge is 0.236 e. The Balaban J connectivity index is 1.69. The van der Waals surface area contributed by atoms with Crippen LogP contribution < -0.4 is 9.64 Å². The van der Waals surface area contributed by atoms with Crippen molar-refractivity contribution in [2.45, 2.75) is 12.8 Å². The quantitative estimate of drug-likeness (QED) is 0.745. The van der Waals surface area contributed by atoms with Gasteiger partial charge in [0.1, 0.15) is 11.6 Å². The Morgan fingerprint density at radius 3 is 2.78 bits per heavy atom. The van der Waals surface area contributed by atoms with Crippen molar-refractivity contribution in [1.29, 1.82) is 0 Å². The van der Waals surface area contributed by atoms with Crippen LogP contribution in [0.5, 0.6) is 5.75 Å². The van der Waals surface area contributed by atoms with Crippen LogP contribution >= 0.6 is 0 Å². The highest BCUT2D eigenvalue weighted by Gasteiger charge is 2.20. The van der Waals surface area contributed by atoms with Crippen molar-refractivity contribution < 1.29 is 9.13 Å². The summed E-state index contributed by atoms with van der Waals surface area (Å²) >= 11 is 0. The molecule has 1 aromatic carbocycles. The average Bonchev–Trinajstić information content (AvgIpc) is 2.98. The highest BCUT2D eigenvalue weighted by atomic mass is 19.1. The first-order valence-electron chi connectivity index (χ1n) is 7.92. The highest BCUT2D eigenvalue weighted by molar-refractivity contribution is 5.81. The lowest BCUT2D eigenvalue weighted by atomic mass is 9.98. The van der Waals surface area contributed by atoms with Gasteiger partial charge in [0.2, 0.25) is 5.78 Å². The van der Waals surface area contributed by atoms with Gasteiger partial charge in [-0.1, -0.05) is 0 Å². The normalized spacial score (nSPS) is 16.3. The van der Waals surface area contributed by atoms with Crippen LogP contribution in [0.1, 0.15) is 12.8 Å². The largest absolute Gasteiger partial charge is 0.497 e. The molecule has 0 N–H and O–H groups in total. The van der Waals surface area contributed by atoms with Gasteiger partial charge in [0, 0.05) is 25.4 Å². The van der Waals surface area contributed by atoms with Crippen molar-refractivity contribution in [3.8, 4) is 5.75 Å². The van der Waals surface area contributed by atoms with Gasteiger partial charge >= 0.3 is 0 Å². The van der Waals surface area contributed by atoms with Crippen LogP contribution in [-0.4, -0.2) is 41.2 Å². The zero-order chi connectivity index (χ0) is 15.8. The fourth-order valence-corrected chi connectivity index (χ4v) is 3.19. The minimum atomic E-state index is -0.215. The predicted molar refractivity (Wildman–Crippen MR) is 88.0 cm³/mol. The number of fused-ring (bicyclic) bond motifs is 3. The molecule has 0 unspecified atom stereocenters. The van der Waals surface area contributed by atoms with E-state index in [1.165, 1.54) is 0 Å². The number of benzene rings is 1. The molecule has 1 aliphatic heterocycles. The van der Waals surface area contributed by atoms with Crippen LogP contribution in [-0.2, 0) is 0 Å². The van der Waals surface area contributed by atoms with Crippen LogP contribution in [0, 0.1) is 5.92 Å². The monoisotopic (exact) mass is 314 g/mol. The molecule has 3 heterocycles. The number of hydrogen-bond acceptors (Lipinski definition) is 4. The first-order chi connectivity index (χ1) is 11.3. The Kier molecular flexibility index (Phi) is 3.52. The van der Waals surface area contributed by atoms with E-state index in [1.807, 2.05) is 34.9 Å². The van der Waals surface area contributed by atoms with Gasteiger partial charge in [0.05, 0.1) is 24.8 Å². The molecular formula is C17H19FN4O. The van der Waals surface area contributed by atoms with E-state index in [1.54, 1.807) is 7.11 Å². The van der Waals surface area contributed by atoms with Gasteiger partial charge in [-0.25, -0.2) is 4.98 Å². The second kappa shape index (κ2) is 5.68. The Labute approximate surface area is 133 Å². The summed E-state index contributed by atoms with van der Waals surface area (Å²) in [4.78, 5) is 11.5. The molecule has 5 nitrogen and oxygen atoms in total. The SMILES string of the molecule is COc1ccc2c(c1)nc1nc(N3CCC(CF)CC3)ccn12. The zero-order valence-electron chi connectivity index (χ0n) is 13.1. The van der Waals surface area contributed by atoms with E-state index in [4.69, 9.17) is 4.74 Å². The summed E-state index contributed by atoms with van der Waals surface area (Å²) in [5.74, 6) is 2.58. The van der Waals surface area contributed by atoms with Crippen molar-refractivity contribution in [2.24, 2.45) is 5.92 Å². The zero-order valence-corrected chi connectivity index (χ0v) is 13.1. The van der Waals surface area contributed by atoms with Gasteiger partial charge in [0.25, 0.3) is 0 Å². The first-order valence-corrected chi connectivity index (χ1v) is 7.92. The average molecular weight is 314 g/mol. The fourth-order valence-electron chi connectivity index (χ4n) is 3.19. The number of piperidine rings is 1. The van der Waals surface area contributed by atoms with E-state index < -0.39 is 0 Å². The maximum atomic E-state index is 12.7. The Hall–Kier alpha value is -2.37. The minimum Gasteiger partial charge on any atom is -0.497 e. The molecular weight excluding hydrogens is 295 g/mol. The van der Waals surface area contributed by atoms with E-state index in [-0.39, 0.29) is 12.6 Å². The van der Waals surface area contributed by atoms with Gasteiger partial charge in [-0.05, 0) is 37.0 Å². The van der Waals surface area contributed by atoms with Crippen LogP contribution in [0.25, 0.3) is 16.8 Å². The van der Waals surface area contributed by atoms with E-state index in [9.17, 15) is 4.39 Å². The topological polar surface area (TPSA) is 42.7 Å². The summed E-state index contributed by atoms with van der Waals surface area (Å²) in [5.41, 5.74) is 1.88. The number of alkyl halides is 1. The summed E-state index contributed by atoms with van der Waals surface area (Å²) in [5, 5.41) is 0. The van der Waals surface area contributed by atoms with E-state index >= 15 is 0 Å². The number of nitrogens with zero attached hydrogens (tertiary/aromatic N) is 4. The van der Waals surface area contributed by atoms with E-state index in [2.05, 4.69) is 14.9 Å². The van der Waals surface area contributed by atoms with Gasteiger partial charge in [-0.2, -0.15) is 4.98 Å². The maximum absolute atomic E-state index is 12.7. The summed E-state index contributed by atoms with van der Waals surface area (Å²) in [6.07, 6.45) is 3.77. The standard InChI is InChI=1S/C17H19FN4O/c1-23-13-2-3-15-14(10-13)19-17-20-16(6-9-22(15)17)21-7-4-12(11-18)5-8-21/h2-3,6,9-10,12H,4-5,7-8,11H2,1H3. The number of methoxy groups -OCH3 is 1. The molecule has 4 rings (SSSR count). The van der Waals surface area contributed by atoms with Gasteiger partial charge in [-0.3, -0.25) is 8.79 Å². The fraction of sp³-hybridized carbons (Fsp3) is 0.412. The molecule has 0 amide bonds. The predicted octanol–water partition coefficient (Wildman–Crippen LogP) is 3.08. The highest BCUT2D eigenvalue weighted by Crippen LogP contribution is 2.25.